The van der Waals surface area contributed by atoms with E-state index in [1.807, 2.05) is 0 Å². The first-order valence-electron chi connectivity index (χ1n) is 6.55. The van der Waals surface area contributed by atoms with E-state index in [1.54, 1.807) is 12.1 Å². The van der Waals surface area contributed by atoms with Crippen LogP contribution in [-0.2, 0) is 9.59 Å². The molecule has 2 atom stereocenters. The van der Waals surface area contributed by atoms with Crippen LogP contribution in [0.1, 0.15) is 19.3 Å². The summed E-state index contributed by atoms with van der Waals surface area (Å²) in [4.78, 5) is 22.6. The molecule has 0 spiro atoms. The highest BCUT2D eigenvalue weighted by Gasteiger charge is 2.30. The van der Waals surface area contributed by atoms with Crippen molar-refractivity contribution < 1.29 is 19.4 Å². The van der Waals surface area contributed by atoms with Crippen LogP contribution in [-0.4, -0.2) is 29.6 Å². The van der Waals surface area contributed by atoms with Crippen LogP contribution >= 0.6 is 23.2 Å². The second-order valence-electron chi connectivity index (χ2n) is 4.98. The molecule has 1 fully saturated rings. The Bertz CT molecular complexity index is 550. The number of amides is 1. The lowest BCUT2D eigenvalue weighted by Gasteiger charge is -2.13. The van der Waals surface area contributed by atoms with E-state index in [-0.39, 0.29) is 24.5 Å². The van der Waals surface area contributed by atoms with E-state index in [4.69, 9.17) is 33.0 Å². The number of carboxylic acids is 1. The van der Waals surface area contributed by atoms with E-state index in [2.05, 4.69) is 5.32 Å². The number of benzene rings is 1. The minimum absolute atomic E-state index is 0.114. The minimum atomic E-state index is -0.811. The topological polar surface area (TPSA) is 75.6 Å². The quantitative estimate of drug-likeness (QED) is 0.869. The predicted molar refractivity (Wildman–Crippen MR) is 78.9 cm³/mol. The fraction of sp³-hybridized carbons (Fsp3) is 0.429. The van der Waals surface area contributed by atoms with Gasteiger partial charge in [0.1, 0.15) is 5.75 Å². The average Bonchev–Trinajstić information content (AvgIpc) is 2.88. The fourth-order valence-corrected chi connectivity index (χ4v) is 2.67. The molecule has 0 aliphatic heterocycles. The number of carbonyl (C=O) groups excluding carboxylic acids is 1. The van der Waals surface area contributed by atoms with Gasteiger partial charge in [-0.2, -0.15) is 0 Å². The van der Waals surface area contributed by atoms with Crippen LogP contribution in [0.15, 0.2) is 18.2 Å². The summed E-state index contributed by atoms with van der Waals surface area (Å²) < 4.78 is 5.32. The summed E-state index contributed by atoms with van der Waals surface area (Å²) in [5.74, 6) is -1.15. The van der Waals surface area contributed by atoms with E-state index in [1.165, 1.54) is 6.07 Å². The molecule has 114 valence electrons. The lowest BCUT2D eigenvalue weighted by molar-refractivity contribution is -0.141. The summed E-state index contributed by atoms with van der Waals surface area (Å²) in [6, 6.07) is 4.64. The van der Waals surface area contributed by atoms with Crippen LogP contribution in [0.3, 0.4) is 0 Å². The number of aliphatic carboxylic acids is 1. The maximum atomic E-state index is 11.8. The van der Waals surface area contributed by atoms with Crippen LogP contribution in [0.25, 0.3) is 0 Å². The Balaban J connectivity index is 1.80. The summed E-state index contributed by atoms with van der Waals surface area (Å²) in [7, 11) is 0. The SMILES string of the molecule is O=C(COc1cc(Cl)ccc1Cl)N[C@H]1CC[C@@H](C(=O)O)C1. The molecule has 2 N–H and O–H groups in total. The van der Waals surface area contributed by atoms with Crippen LogP contribution in [0.4, 0.5) is 0 Å². The van der Waals surface area contributed by atoms with Crippen LogP contribution in [0.5, 0.6) is 5.75 Å². The van der Waals surface area contributed by atoms with Crippen molar-refractivity contribution in [2.75, 3.05) is 6.61 Å². The highest BCUT2D eigenvalue weighted by molar-refractivity contribution is 6.34. The summed E-state index contributed by atoms with van der Waals surface area (Å²) in [6.45, 7) is -0.186. The van der Waals surface area contributed by atoms with Crippen molar-refractivity contribution in [1.29, 1.82) is 0 Å². The van der Waals surface area contributed by atoms with Crippen molar-refractivity contribution in [1.82, 2.24) is 5.32 Å². The van der Waals surface area contributed by atoms with E-state index in [0.29, 0.717) is 35.1 Å². The largest absolute Gasteiger partial charge is 0.482 e. The molecule has 1 aliphatic carbocycles. The highest BCUT2D eigenvalue weighted by Crippen LogP contribution is 2.28. The zero-order chi connectivity index (χ0) is 15.4. The van der Waals surface area contributed by atoms with Crippen LogP contribution in [0, 0.1) is 5.92 Å². The molecule has 0 bridgehead atoms. The van der Waals surface area contributed by atoms with Crippen molar-refractivity contribution in [3.63, 3.8) is 0 Å². The minimum Gasteiger partial charge on any atom is -0.482 e. The van der Waals surface area contributed by atoms with Crippen LogP contribution in [0.2, 0.25) is 10.0 Å². The molecule has 0 unspecified atom stereocenters. The first-order valence-corrected chi connectivity index (χ1v) is 7.31. The molecule has 0 aromatic heterocycles. The molecular formula is C14H15Cl2NO4. The van der Waals surface area contributed by atoms with Gasteiger partial charge in [-0.15, -0.1) is 0 Å². The third-order valence-corrected chi connectivity index (χ3v) is 3.95. The third-order valence-electron chi connectivity index (χ3n) is 3.40. The zero-order valence-electron chi connectivity index (χ0n) is 11.1. The number of nitrogens with one attached hydrogen (secondary N) is 1. The molecule has 0 radical (unpaired) electrons. The van der Waals surface area contributed by atoms with Gasteiger partial charge in [-0.1, -0.05) is 23.2 Å². The van der Waals surface area contributed by atoms with E-state index in [9.17, 15) is 9.59 Å². The maximum Gasteiger partial charge on any atom is 0.306 e. The monoisotopic (exact) mass is 331 g/mol. The van der Waals surface area contributed by atoms with E-state index < -0.39 is 5.97 Å². The lowest BCUT2D eigenvalue weighted by Crippen LogP contribution is -2.36. The zero-order valence-corrected chi connectivity index (χ0v) is 12.7. The molecule has 1 aliphatic rings. The fourth-order valence-electron chi connectivity index (χ4n) is 2.34. The molecular weight excluding hydrogens is 317 g/mol. The third kappa shape index (κ3) is 4.51. The molecule has 5 nitrogen and oxygen atoms in total. The Morgan fingerprint density at radius 2 is 2.10 bits per heavy atom. The first kappa shape index (κ1) is 15.9. The van der Waals surface area contributed by atoms with E-state index in [0.717, 1.165) is 0 Å². The van der Waals surface area contributed by atoms with Gasteiger partial charge in [0.2, 0.25) is 0 Å². The van der Waals surface area contributed by atoms with Crippen molar-refractivity contribution >= 4 is 35.1 Å². The van der Waals surface area contributed by atoms with Crippen molar-refractivity contribution in [3.05, 3.63) is 28.2 Å². The van der Waals surface area contributed by atoms with E-state index >= 15 is 0 Å². The Morgan fingerprint density at radius 3 is 2.76 bits per heavy atom. The molecule has 2 rings (SSSR count). The lowest BCUT2D eigenvalue weighted by atomic mass is 10.1. The van der Waals surface area contributed by atoms with Gasteiger partial charge in [0.05, 0.1) is 10.9 Å². The van der Waals surface area contributed by atoms with Gasteiger partial charge in [0.25, 0.3) is 5.91 Å². The molecule has 0 heterocycles. The second-order valence-corrected chi connectivity index (χ2v) is 5.82. The Labute approximate surface area is 132 Å². The Morgan fingerprint density at radius 1 is 1.33 bits per heavy atom. The number of hydrogen-bond donors (Lipinski definition) is 2. The molecule has 0 saturated heterocycles. The molecule has 1 aromatic rings. The molecule has 7 heteroatoms. The number of halogens is 2. The number of rotatable bonds is 5. The van der Waals surface area contributed by atoms with Crippen LogP contribution < -0.4 is 10.1 Å². The van der Waals surface area contributed by atoms with Gasteiger partial charge in [-0.3, -0.25) is 9.59 Å². The molecule has 1 aromatic carbocycles. The van der Waals surface area contributed by atoms with Gasteiger partial charge in [0.15, 0.2) is 6.61 Å². The van der Waals surface area contributed by atoms with Crippen molar-refractivity contribution in [3.8, 4) is 5.75 Å². The van der Waals surface area contributed by atoms with Gasteiger partial charge >= 0.3 is 5.97 Å². The molecule has 1 saturated carbocycles. The van der Waals surface area contributed by atoms with Gasteiger partial charge < -0.3 is 15.2 Å². The van der Waals surface area contributed by atoms with Gasteiger partial charge in [0, 0.05) is 17.1 Å². The Kier molecular flexibility index (Phi) is 5.31. The van der Waals surface area contributed by atoms with Gasteiger partial charge in [-0.25, -0.2) is 0 Å². The van der Waals surface area contributed by atoms with Crippen molar-refractivity contribution in [2.45, 2.75) is 25.3 Å². The number of carbonyl (C=O) groups is 2. The summed E-state index contributed by atoms with van der Waals surface area (Å²) in [5, 5.41) is 12.5. The average molecular weight is 332 g/mol. The molecule has 21 heavy (non-hydrogen) atoms. The number of hydrogen-bond acceptors (Lipinski definition) is 3. The van der Waals surface area contributed by atoms with Crippen molar-refractivity contribution in [2.24, 2.45) is 5.92 Å². The standard InChI is InChI=1S/C14H15Cl2NO4/c15-9-2-4-11(16)12(6-9)21-7-13(18)17-10-3-1-8(5-10)14(19)20/h2,4,6,8,10H,1,3,5,7H2,(H,17,18)(H,19,20)/t8-,10+/m1/s1. The number of carboxylic acid groups (broad SMARTS) is 1. The highest BCUT2D eigenvalue weighted by atomic mass is 35.5. The first-order chi connectivity index (χ1) is 9.95. The molecule has 1 amide bonds. The summed E-state index contributed by atoms with van der Waals surface area (Å²) >= 11 is 11.7. The predicted octanol–water partition coefficient (Wildman–Crippen LogP) is 2.74. The van der Waals surface area contributed by atoms with Gasteiger partial charge in [-0.05, 0) is 31.4 Å². The second kappa shape index (κ2) is 7.00. The maximum absolute atomic E-state index is 11.8. The summed E-state index contributed by atoms with van der Waals surface area (Å²) in [6.07, 6.45) is 1.71. The number of ether oxygens (including phenoxy) is 1. The Hall–Kier alpha value is -1.46. The smallest absolute Gasteiger partial charge is 0.306 e. The normalized spacial score (nSPS) is 21.0. The summed E-state index contributed by atoms with van der Waals surface area (Å²) in [5.41, 5.74) is 0.